The lowest BCUT2D eigenvalue weighted by Crippen LogP contribution is -2.34. The maximum Gasteiger partial charge on any atom is 0.0951 e. The molecular weight excluding hydrogens is 248 g/mol. The van der Waals surface area contributed by atoms with Gasteiger partial charge in [-0.3, -0.25) is 0 Å². The first-order chi connectivity index (χ1) is 9.51. The van der Waals surface area contributed by atoms with Crippen molar-refractivity contribution in [2.24, 2.45) is 0 Å². The Morgan fingerprint density at radius 3 is 2.85 bits per heavy atom. The van der Waals surface area contributed by atoms with Crippen LogP contribution in [0, 0.1) is 0 Å². The molecule has 2 aromatic rings. The van der Waals surface area contributed by atoms with Gasteiger partial charge in [0.1, 0.15) is 0 Å². The van der Waals surface area contributed by atoms with Crippen LogP contribution in [0.2, 0.25) is 0 Å². The molecule has 0 saturated heterocycles. The van der Waals surface area contributed by atoms with Gasteiger partial charge < -0.3 is 14.5 Å². The van der Waals surface area contributed by atoms with Crippen LogP contribution in [0.3, 0.4) is 0 Å². The molecule has 0 amide bonds. The summed E-state index contributed by atoms with van der Waals surface area (Å²) in [4.78, 5) is 4.29. The molecule has 20 heavy (non-hydrogen) atoms. The van der Waals surface area contributed by atoms with Crippen molar-refractivity contribution in [3.63, 3.8) is 0 Å². The monoisotopic (exact) mass is 272 g/mol. The fourth-order valence-electron chi connectivity index (χ4n) is 2.38. The molecule has 4 nitrogen and oxygen atoms in total. The van der Waals surface area contributed by atoms with E-state index >= 15 is 0 Å². The summed E-state index contributed by atoms with van der Waals surface area (Å²) >= 11 is 0. The first-order valence-electron chi connectivity index (χ1n) is 7.42. The molecule has 2 heterocycles. The summed E-state index contributed by atoms with van der Waals surface area (Å²) in [5.41, 5.74) is 2.79. The van der Waals surface area contributed by atoms with Gasteiger partial charge in [0.2, 0.25) is 0 Å². The molecule has 0 aromatic carbocycles. The standard InChI is InChI=1S/C16H24N4/c1-16(2,3)18-8-13-6-7-19(10-13)11-15-9-17-12-20(15)14-4-5-14/h6-7,9-10,12,14,18H,4-5,8,11H2,1-3H3. The molecule has 0 spiro atoms. The van der Waals surface area contributed by atoms with Gasteiger partial charge in [-0.25, -0.2) is 4.98 Å². The third kappa shape index (κ3) is 3.31. The molecule has 0 aliphatic heterocycles. The number of imidazole rings is 1. The molecule has 0 unspecified atom stereocenters. The molecule has 108 valence electrons. The van der Waals surface area contributed by atoms with Crippen LogP contribution in [-0.4, -0.2) is 19.7 Å². The van der Waals surface area contributed by atoms with E-state index in [4.69, 9.17) is 0 Å². The van der Waals surface area contributed by atoms with Crippen molar-refractivity contribution in [1.82, 2.24) is 19.4 Å². The van der Waals surface area contributed by atoms with Crippen molar-refractivity contribution in [3.8, 4) is 0 Å². The second-order valence-electron chi connectivity index (χ2n) is 6.82. The molecule has 1 fully saturated rings. The zero-order valence-corrected chi connectivity index (χ0v) is 12.6. The Balaban J connectivity index is 1.63. The highest BCUT2D eigenvalue weighted by molar-refractivity contribution is 5.13. The summed E-state index contributed by atoms with van der Waals surface area (Å²) < 4.78 is 4.57. The van der Waals surface area contributed by atoms with E-state index in [9.17, 15) is 0 Å². The van der Waals surface area contributed by atoms with Crippen molar-refractivity contribution in [2.75, 3.05) is 0 Å². The highest BCUT2D eigenvalue weighted by atomic mass is 15.1. The fraction of sp³-hybridized carbons (Fsp3) is 0.562. The van der Waals surface area contributed by atoms with Gasteiger partial charge in [-0.2, -0.15) is 0 Å². The molecule has 0 bridgehead atoms. The largest absolute Gasteiger partial charge is 0.348 e. The number of nitrogens with one attached hydrogen (secondary N) is 1. The van der Waals surface area contributed by atoms with E-state index in [-0.39, 0.29) is 5.54 Å². The van der Waals surface area contributed by atoms with E-state index in [1.807, 2.05) is 12.5 Å². The van der Waals surface area contributed by atoms with Crippen LogP contribution in [0.4, 0.5) is 0 Å². The highest BCUT2D eigenvalue weighted by Gasteiger charge is 2.25. The average Bonchev–Trinajstić information content (AvgIpc) is 2.95. The number of rotatable bonds is 5. The van der Waals surface area contributed by atoms with Crippen LogP contribution < -0.4 is 5.32 Å². The molecule has 1 N–H and O–H groups in total. The normalized spacial score (nSPS) is 15.8. The summed E-state index contributed by atoms with van der Waals surface area (Å²) in [5, 5.41) is 3.52. The third-order valence-corrected chi connectivity index (χ3v) is 3.67. The topological polar surface area (TPSA) is 34.8 Å². The Bertz CT molecular complexity index is 569. The number of hydrogen-bond donors (Lipinski definition) is 1. The Morgan fingerprint density at radius 2 is 2.15 bits per heavy atom. The second-order valence-corrected chi connectivity index (χ2v) is 6.82. The second kappa shape index (κ2) is 5.09. The Kier molecular flexibility index (Phi) is 3.42. The van der Waals surface area contributed by atoms with E-state index < -0.39 is 0 Å². The number of hydrogen-bond acceptors (Lipinski definition) is 2. The van der Waals surface area contributed by atoms with Gasteiger partial charge in [0.15, 0.2) is 0 Å². The Labute approximate surface area is 120 Å². The van der Waals surface area contributed by atoms with Crippen molar-refractivity contribution < 1.29 is 0 Å². The lowest BCUT2D eigenvalue weighted by Gasteiger charge is -2.19. The molecule has 3 rings (SSSR count). The first kappa shape index (κ1) is 13.4. The van der Waals surface area contributed by atoms with Crippen molar-refractivity contribution in [2.45, 2.75) is 58.3 Å². The minimum absolute atomic E-state index is 0.159. The minimum atomic E-state index is 0.159. The fourth-order valence-corrected chi connectivity index (χ4v) is 2.38. The van der Waals surface area contributed by atoms with Crippen molar-refractivity contribution in [1.29, 1.82) is 0 Å². The van der Waals surface area contributed by atoms with Crippen molar-refractivity contribution in [3.05, 3.63) is 42.2 Å². The molecule has 4 heteroatoms. The van der Waals surface area contributed by atoms with Crippen LogP contribution in [0.1, 0.15) is 50.9 Å². The van der Waals surface area contributed by atoms with E-state index in [1.54, 1.807) is 0 Å². The minimum Gasteiger partial charge on any atom is -0.348 e. The Morgan fingerprint density at radius 1 is 1.35 bits per heavy atom. The molecule has 2 aromatic heterocycles. The molecule has 0 atom stereocenters. The SMILES string of the molecule is CC(C)(C)NCc1ccn(Cc2cncn2C2CC2)c1. The van der Waals surface area contributed by atoms with Crippen LogP contribution in [0.25, 0.3) is 0 Å². The van der Waals surface area contributed by atoms with E-state index in [1.165, 1.54) is 24.1 Å². The first-order valence-corrected chi connectivity index (χ1v) is 7.42. The van der Waals surface area contributed by atoms with Crippen LogP contribution in [-0.2, 0) is 13.1 Å². The summed E-state index contributed by atoms with van der Waals surface area (Å²) in [6, 6.07) is 2.89. The predicted octanol–water partition coefficient (Wildman–Crippen LogP) is 2.96. The molecule has 0 radical (unpaired) electrons. The van der Waals surface area contributed by atoms with E-state index in [0.717, 1.165) is 13.1 Å². The van der Waals surface area contributed by atoms with Gasteiger partial charge >= 0.3 is 0 Å². The summed E-state index contributed by atoms with van der Waals surface area (Å²) in [5.74, 6) is 0. The summed E-state index contributed by atoms with van der Waals surface area (Å²) in [6.45, 7) is 8.40. The van der Waals surface area contributed by atoms with Crippen LogP contribution in [0.15, 0.2) is 31.0 Å². The molecular formula is C16H24N4. The number of nitrogens with zero attached hydrogens (tertiary/aromatic N) is 3. The van der Waals surface area contributed by atoms with Gasteiger partial charge in [0, 0.05) is 36.7 Å². The summed E-state index contributed by atoms with van der Waals surface area (Å²) in [7, 11) is 0. The summed E-state index contributed by atoms with van der Waals surface area (Å²) in [6.07, 6.45) is 10.9. The molecule has 1 saturated carbocycles. The lowest BCUT2D eigenvalue weighted by molar-refractivity contribution is 0.424. The smallest absolute Gasteiger partial charge is 0.0951 e. The van der Waals surface area contributed by atoms with E-state index in [2.05, 4.69) is 58.7 Å². The van der Waals surface area contributed by atoms with Gasteiger partial charge in [0.05, 0.1) is 18.6 Å². The third-order valence-electron chi connectivity index (χ3n) is 3.67. The average molecular weight is 272 g/mol. The maximum atomic E-state index is 4.29. The van der Waals surface area contributed by atoms with Gasteiger partial charge in [-0.1, -0.05) is 0 Å². The van der Waals surface area contributed by atoms with Crippen LogP contribution in [0.5, 0.6) is 0 Å². The zero-order valence-electron chi connectivity index (χ0n) is 12.6. The van der Waals surface area contributed by atoms with Gasteiger partial charge in [-0.15, -0.1) is 0 Å². The molecule has 1 aliphatic carbocycles. The molecule has 1 aliphatic rings. The quantitative estimate of drug-likeness (QED) is 0.908. The highest BCUT2D eigenvalue weighted by Crippen LogP contribution is 2.35. The maximum absolute atomic E-state index is 4.29. The van der Waals surface area contributed by atoms with Crippen LogP contribution >= 0.6 is 0 Å². The van der Waals surface area contributed by atoms with E-state index in [0.29, 0.717) is 6.04 Å². The predicted molar refractivity (Wildman–Crippen MR) is 80.6 cm³/mol. The Hall–Kier alpha value is -1.55. The zero-order chi connectivity index (χ0) is 14.2. The van der Waals surface area contributed by atoms with Crippen molar-refractivity contribution >= 4 is 0 Å². The van der Waals surface area contributed by atoms with Gasteiger partial charge in [0.25, 0.3) is 0 Å². The number of aromatic nitrogens is 3. The van der Waals surface area contributed by atoms with Gasteiger partial charge in [-0.05, 0) is 45.2 Å². The lowest BCUT2D eigenvalue weighted by atomic mass is 10.1.